The van der Waals surface area contributed by atoms with Gasteiger partial charge in [-0.3, -0.25) is 9.98 Å². The topological polar surface area (TPSA) is 24.7 Å². The van der Waals surface area contributed by atoms with Crippen LogP contribution >= 0.6 is 15.9 Å². The van der Waals surface area contributed by atoms with Gasteiger partial charge in [-0.1, -0.05) is 12.2 Å². The molecule has 0 unspecified atom stereocenters. The van der Waals surface area contributed by atoms with Crippen molar-refractivity contribution < 1.29 is 0 Å². The van der Waals surface area contributed by atoms with Gasteiger partial charge in [0.25, 0.3) is 0 Å². The molecule has 0 saturated carbocycles. The molecule has 0 saturated heterocycles. The maximum absolute atomic E-state index is 4.26. The minimum atomic E-state index is 0.915. The zero-order valence-corrected chi connectivity index (χ0v) is 9.37. The monoisotopic (exact) mass is 250 g/mol. The van der Waals surface area contributed by atoms with Crippen LogP contribution in [0.1, 0.15) is 12.8 Å². The van der Waals surface area contributed by atoms with Crippen LogP contribution in [0.25, 0.3) is 0 Å². The molecular formula is C11H11BrN2. The molecule has 3 heteroatoms. The second kappa shape index (κ2) is 4.51. The molecule has 14 heavy (non-hydrogen) atoms. The lowest BCUT2D eigenvalue weighted by molar-refractivity contribution is 0.986. The number of dihydropyridines is 1. The zero-order chi connectivity index (χ0) is 9.80. The zero-order valence-electron chi connectivity index (χ0n) is 7.78. The van der Waals surface area contributed by atoms with Gasteiger partial charge < -0.3 is 0 Å². The van der Waals surface area contributed by atoms with Gasteiger partial charge in [0.2, 0.25) is 0 Å². The van der Waals surface area contributed by atoms with Gasteiger partial charge in [0, 0.05) is 29.7 Å². The predicted octanol–water partition coefficient (Wildman–Crippen LogP) is 3.02. The Kier molecular flexibility index (Phi) is 3.09. The van der Waals surface area contributed by atoms with Gasteiger partial charge in [-0.25, -0.2) is 0 Å². The Morgan fingerprint density at radius 2 is 2.14 bits per heavy atom. The molecule has 0 aromatic carbocycles. The molecule has 0 atom stereocenters. The molecule has 0 radical (unpaired) electrons. The van der Waals surface area contributed by atoms with Crippen molar-refractivity contribution in [1.82, 2.24) is 0 Å². The van der Waals surface area contributed by atoms with Gasteiger partial charge in [0.15, 0.2) is 0 Å². The van der Waals surface area contributed by atoms with E-state index in [1.54, 1.807) is 0 Å². The van der Waals surface area contributed by atoms with Crippen molar-refractivity contribution in [3.05, 3.63) is 34.0 Å². The summed E-state index contributed by atoms with van der Waals surface area (Å²) in [5.41, 5.74) is 2.45. The fourth-order valence-electron chi connectivity index (χ4n) is 1.43. The lowest BCUT2D eigenvalue weighted by Crippen LogP contribution is -1.97. The first-order valence-electron chi connectivity index (χ1n) is 4.64. The molecular weight excluding hydrogens is 240 g/mol. The second-order valence-corrected chi connectivity index (χ2v) is 4.12. The summed E-state index contributed by atoms with van der Waals surface area (Å²) in [6.07, 6.45) is 12.0. The molecule has 0 aliphatic carbocycles. The summed E-state index contributed by atoms with van der Waals surface area (Å²) in [5.74, 6) is 0. The molecule has 72 valence electrons. The molecule has 2 aliphatic heterocycles. The smallest absolute Gasteiger partial charge is 0.0424 e. The van der Waals surface area contributed by atoms with Crippen LogP contribution in [0.15, 0.2) is 44.0 Å². The predicted molar refractivity (Wildman–Crippen MR) is 64.3 cm³/mol. The van der Waals surface area contributed by atoms with Gasteiger partial charge in [0.1, 0.15) is 0 Å². The van der Waals surface area contributed by atoms with E-state index in [1.807, 2.05) is 18.6 Å². The number of hydrogen-bond acceptors (Lipinski definition) is 2. The van der Waals surface area contributed by atoms with Crippen LogP contribution in [0.5, 0.6) is 0 Å². The lowest BCUT2D eigenvalue weighted by atomic mass is 10.0. The first-order valence-corrected chi connectivity index (χ1v) is 5.44. The van der Waals surface area contributed by atoms with E-state index in [0.29, 0.717) is 0 Å². The highest BCUT2D eigenvalue weighted by atomic mass is 79.9. The molecule has 2 aliphatic rings. The number of aliphatic imine (C=N–C) groups is 2. The Morgan fingerprint density at radius 3 is 2.93 bits per heavy atom. The van der Waals surface area contributed by atoms with Crippen molar-refractivity contribution in [3.8, 4) is 0 Å². The molecule has 2 nitrogen and oxygen atoms in total. The van der Waals surface area contributed by atoms with E-state index in [4.69, 9.17) is 0 Å². The minimum absolute atomic E-state index is 0.915. The van der Waals surface area contributed by atoms with Crippen molar-refractivity contribution in [2.24, 2.45) is 9.98 Å². The molecule has 0 amide bonds. The second-order valence-electron chi connectivity index (χ2n) is 3.21. The fraction of sp³-hybridized carbons (Fsp3) is 0.273. The summed E-state index contributed by atoms with van der Waals surface area (Å²) in [7, 11) is 0. The van der Waals surface area contributed by atoms with Crippen molar-refractivity contribution in [1.29, 1.82) is 0 Å². The standard InChI is InChI=1S/C11H11BrN2/c12-11-4-3-10(7-14-8-11)9-2-1-5-13-6-9/h2,4,6-8H,1,3,5H2. The van der Waals surface area contributed by atoms with Gasteiger partial charge in [0.05, 0.1) is 0 Å². The SMILES string of the molecule is BrC1=CCC(C2=CCCN=C2)=CN=C1. The number of rotatable bonds is 1. The van der Waals surface area contributed by atoms with Crippen LogP contribution in [0.3, 0.4) is 0 Å². The van der Waals surface area contributed by atoms with E-state index >= 15 is 0 Å². The Bertz CT molecular complexity index is 370. The third kappa shape index (κ3) is 2.29. The Hall–Kier alpha value is -0.960. The van der Waals surface area contributed by atoms with E-state index < -0.39 is 0 Å². The highest BCUT2D eigenvalue weighted by Gasteiger charge is 2.05. The van der Waals surface area contributed by atoms with Crippen molar-refractivity contribution in [2.45, 2.75) is 12.8 Å². The summed E-state index contributed by atoms with van der Waals surface area (Å²) >= 11 is 3.42. The molecule has 0 aromatic rings. The number of halogens is 1. The average molecular weight is 251 g/mol. The van der Waals surface area contributed by atoms with E-state index in [2.05, 4.69) is 38.1 Å². The van der Waals surface area contributed by atoms with Crippen molar-refractivity contribution in [3.63, 3.8) is 0 Å². The van der Waals surface area contributed by atoms with Crippen molar-refractivity contribution in [2.75, 3.05) is 6.54 Å². The maximum atomic E-state index is 4.26. The fourth-order valence-corrected chi connectivity index (χ4v) is 1.71. The maximum Gasteiger partial charge on any atom is 0.0424 e. The number of hydrogen-bond donors (Lipinski definition) is 0. The molecule has 0 N–H and O–H groups in total. The Morgan fingerprint density at radius 1 is 1.21 bits per heavy atom. The highest BCUT2D eigenvalue weighted by Crippen LogP contribution is 2.20. The molecule has 2 rings (SSSR count). The first kappa shape index (κ1) is 9.59. The van der Waals surface area contributed by atoms with Crippen LogP contribution < -0.4 is 0 Å². The summed E-state index contributed by atoms with van der Waals surface area (Å²) < 4.78 is 1.04. The van der Waals surface area contributed by atoms with Crippen LogP contribution in [0.4, 0.5) is 0 Å². The molecule has 0 aromatic heterocycles. The Labute approximate surface area is 92.0 Å². The normalized spacial score (nSPS) is 21.1. The van der Waals surface area contributed by atoms with Crippen LogP contribution in [0, 0.1) is 0 Å². The summed E-state index contributed by atoms with van der Waals surface area (Å²) in [5, 5.41) is 0. The van der Waals surface area contributed by atoms with E-state index in [-0.39, 0.29) is 0 Å². The van der Waals surface area contributed by atoms with Gasteiger partial charge >= 0.3 is 0 Å². The summed E-state index contributed by atoms with van der Waals surface area (Å²) in [6, 6.07) is 0. The summed E-state index contributed by atoms with van der Waals surface area (Å²) in [6.45, 7) is 0.916. The largest absolute Gasteiger partial charge is 0.292 e. The number of nitrogens with zero attached hydrogens (tertiary/aromatic N) is 2. The average Bonchev–Trinajstić information content (AvgIpc) is 2.44. The van der Waals surface area contributed by atoms with E-state index in [0.717, 1.165) is 23.9 Å². The highest BCUT2D eigenvalue weighted by molar-refractivity contribution is 9.12. The molecule has 0 bridgehead atoms. The van der Waals surface area contributed by atoms with Crippen LogP contribution in [0.2, 0.25) is 0 Å². The lowest BCUT2D eigenvalue weighted by Gasteiger charge is -2.07. The summed E-state index contributed by atoms with van der Waals surface area (Å²) in [4.78, 5) is 8.47. The quantitative estimate of drug-likeness (QED) is 0.684. The third-order valence-corrected chi connectivity index (χ3v) is 2.70. The van der Waals surface area contributed by atoms with Crippen molar-refractivity contribution >= 4 is 28.4 Å². The first-order chi connectivity index (χ1) is 6.86. The van der Waals surface area contributed by atoms with E-state index in [1.165, 1.54) is 11.1 Å². The molecule has 0 fully saturated rings. The van der Waals surface area contributed by atoms with Gasteiger partial charge in [-0.2, -0.15) is 0 Å². The minimum Gasteiger partial charge on any atom is -0.292 e. The number of allylic oxidation sites excluding steroid dienone is 4. The van der Waals surface area contributed by atoms with E-state index in [9.17, 15) is 0 Å². The third-order valence-electron chi connectivity index (χ3n) is 2.17. The molecule has 2 heterocycles. The molecule has 0 spiro atoms. The van der Waals surface area contributed by atoms with Crippen LogP contribution in [-0.4, -0.2) is 19.0 Å². The van der Waals surface area contributed by atoms with Gasteiger partial charge in [-0.05, 0) is 39.9 Å². The van der Waals surface area contributed by atoms with Crippen LogP contribution in [-0.2, 0) is 0 Å². The van der Waals surface area contributed by atoms with Gasteiger partial charge in [-0.15, -0.1) is 0 Å². The Balaban J connectivity index is 2.20.